The number of rotatable bonds is 4. The number of aryl methyl sites for hydroxylation is 3. The Morgan fingerprint density at radius 2 is 1.81 bits per heavy atom. The molecule has 1 aliphatic rings. The number of hydrogen-bond donors (Lipinski definition) is 1. The topological polar surface area (TPSA) is 46.0 Å². The molecule has 162 valence electrons. The fourth-order valence-electron chi connectivity index (χ4n) is 4.53. The summed E-state index contributed by atoms with van der Waals surface area (Å²) in [6, 6.07) is 14.8. The molecule has 0 aliphatic carbocycles. The van der Waals surface area contributed by atoms with E-state index in [9.17, 15) is 0 Å². The average molecular weight is 460 g/mol. The summed E-state index contributed by atoms with van der Waals surface area (Å²) in [6.45, 7) is 8.58. The van der Waals surface area contributed by atoms with Crippen LogP contribution in [-0.2, 0) is 0 Å². The van der Waals surface area contributed by atoms with Crippen LogP contribution in [-0.4, -0.2) is 19.6 Å². The van der Waals surface area contributed by atoms with Crippen LogP contribution < -0.4 is 10.2 Å². The first-order valence-corrected chi connectivity index (χ1v) is 11.9. The minimum absolute atomic E-state index is 0.0283. The first-order valence-electron chi connectivity index (χ1n) is 10.6. The molecular formula is C25H25N5S2. The van der Waals surface area contributed by atoms with Gasteiger partial charge in [-0.25, -0.2) is 4.98 Å². The van der Waals surface area contributed by atoms with Crippen LogP contribution in [0.4, 0.5) is 5.69 Å². The highest BCUT2D eigenvalue weighted by Gasteiger charge is 2.42. The second kappa shape index (κ2) is 8.15. The maximum absolute atomic E-state index is 5.89. The fourth-order valence-corrected chi connectivity index (χ4v) is 5.63. The molecule has 5 nitrogen and oxygen atoms in total. The van der Waals surface area contributed by atoms with E-state index in [1.165, 1.54) is 22.4 Å². The van der Waals surface area contributed by atoms with Crippen LogP contribution in [0.5, 0.6) is 0 Å². The van der Waals surface area contributed by atoms with Gasteiger partial charge in [-0.2, -0.15) is 0 Å². The summed E-state index contributed by atoms with van der Waals surface area (Å²) in [5, 5.41) is 7.27. The lowest BCUT2D eigenvalue weighted by molar-refractivity contribution is 0.565. The van der Waals surface area contributed by atoms with Gasteiger partial charge < -0.3 is 10.2 Å². The predicted octanol–water partition coefficient (Wildman–Crippen LogP) is 5.74. The van der Waals surface area contributed by atoms with Gasteiger partial charge in [-0.05, 0) is 86.9 Å². The Bertz CT molecular complexity index is 1280. The molecule has 4 aromatic rings. The van der Waals surface area contributed by atoms with Crippen LogP contribution in [0.1, 0.15) is 45.9 Å². The number of benzene rings is 1. The first-order chi connectivity index (χ1) is 15.5. The summed E-state index contributed by atoms with van der Waals surface area (Å²) in [5.41, 5.74) is 8.14. The molecule has 0 amide bonds. The number of thiocarbonyl (C=S) groups is 1. The Morgan fingerprint density at radius 3 is 2.50 bits per heavy atom. The zero-order valence-corrected chi connectivity index (χ0v) is 20.2. The zero-order chi connectivity index (χ0) is 22.4. The van der Waals surface area contributed by atoms with Crippen molar-refractivity contribution in [2.24, 2.45) is 0 Å². The van der Waals surface area contributed by atoms with E-state index in [4.69, 9.17) is 12.2 Å². The van der Waals surface area contributed by atoms with Crippen molar-refractivity contribution in [2.45, 2.75) is 39.8 Å². The second-order valence-electron chi connectivity index (χ2n) is 8.24. The minimum Gasteiger partial charge on any atom is -0.351 e. The molecule has 0 saturated carbocycles. The molecule has 2 atom stereocenters. The Labute approximate surface area is 197 Å². The van der Waals surface area contributed by atoms with Gasteiger partial charge in [0.15, 0.2) is 10.2 Å². The van der Waals surface area contributed by atoms with E-state index in [-0.39, 0.29) is 12.1 Å². The van der Waals surface area contributed by atoms with E-state index in [0.29, 0.717) is 5.11 Å². The first kappa shape index (κ1) is 20.8. The van der Waals surface area contributed by atoms with Crippen LogP contribution in [0.2, 0.25) is 0 Å². The summed E-state index contributed by atoms with van der Waals surface area (Å²) in [7, 11) is 0. The Balaban J connectivity index is 1.69. The van der Waals surface area contributed by atoms with Crippen molar-refractivity contribution in [3.05, 3.63) is 94.0 Å². The molecule has 32 heavy (non-hydrogen) atoms. The van der Waals surface area contributed by atoms with Crippen molar-refractivity contribution >= 4 is 34.4 Å². The Kier molecular flexibility index (Phi) is 5.31. The largest absolute Gasteiger partial charge is 0.351 e. The van der Waals surface area contributed by atoms with E-state index < -0.39 is 0 Å². The van der Waals surface area contributed by atoms with Crippen LogP contribution in [0.3, 0.4) is 0 Å². The molecule has 1 aromatic carbocycles. The summed E-state index contributed by atoms with van der Waals surface area (Å²) in [6.07, 6.45) is 3.69. The molecule has 0 bridgehead atoms. The standard InChI is InChI=1S/C25H25N5S2/c1-15-8-9-19(13-16(15)2)30-23(22(28-24(30)31)21-7-5-6-10-26-21)20-14-17(3)29(18(20)4)25-27-11-12-32-25/h5-14,22-23H,1-4H3,(H,28,31)/t22-,23-/m0/s1. The Hall–Kier alpha value is -3.03. The average Bonchev–Trinajstić information content (AvgIpc) is 3.49. The highest BCUT2D eigenvalue weighted by molar-refractivity contribution is 7.80. The molecule has 1 N–H and O–H groups in total. The summed E-state index contributed by atoms with van der Waals surface area (Å²) >= 11 is 7.53. The second-order valence-corrected chi connectivity index (χ2v) is 9.50. The van der Waals surface area contributed by atoms with Gasteiger partial charge in [-0.15, -0.1) is 11.3 Å². The maximum Gasteiger partial charge on any atom is 0.193 e. The van der Waals surface area contributed by atoms with Gasteiger partial charge in [-0.3, -0.25) is 9.55 Å². The van der Waals surface area contributed by atoms with Gasteiger partial charge in [0, 0.05) is 34.8 Å². The normalized spacial score (nSPS) is 18.2. The summed E-state index contributed by atoms with van der Waals surface area (Å²) in [5.74, 6) is 0. The van der Waals surface area contributed by atoms with Crippen LogP contribution >= 0.6 is 23.6 Å². The van der Waals surface area contributed by atoms with Crippen molar-refractivity contribution in [2.75, 3.05) is 4.90 Å². The smallest absolute Gasteiger partial charge is 0.193 e. The minimum atomic E-state index is -0.0597. The highest BCUT2D eigenvalue weighted by atomic mass is 32.1. The number of nitrogens with one attached hydrogen (secondary N) is 1. The predicted molar refractivity (Wildman–Crippen MR) is 135 cm³/mol. The van der Waals surface area contributed by atoms with Gasteiger partial charge >= 0.3 is 0 Å². The van der Waals surface area contributed by atoms with Gasteiger partial charge in [0.2, 0.25) is 0 Å². The van der Waals surface area contributed by atoms with E-state index >= 15 is 0 Å². The fraction of sp³-hybridized carbons (Fsp3) is 0.240. The van der Waals surface area contributed by atoms with Crippen molar-refractivity contribution in [3.63, 3.8) is 0 Å². The van der Waals surface area contributed by atoms with E-state index in [1.54, 1.807) is 11.3 Å². The molecule has 1 saturated heterocycles. The van der Waals surface area contributed by atoms with E-state index in [1.807, 2.05) is 29.9 Å². The van der Waals surface area contributed by atoms with E-state index in [0.717, 1.165) is 22.2 Å². The SMILES string of the molecule is Cc1ccc(N2C(=S)N[C@@H](c3ccccn3)[C@@H]2c2cc(C)n(-c3nccs3)c2C)cc1C. The van der Waals surface area contributed by atoms with E-state index in [2.05, 4.69) is 82.8 Å². The number of aromatic nitrogens is 3. The maximum atomic E-state index is 5.89. The molecule has 1 aliphatic heterocycles. The molecule has 4 heterocycles. The molecular weight excluding hydrogens is 434 g/mol. The molecule has 0 unspecified atom stereocenters. The quantitative estimate of drug-likeness (QED) is 0.394. The summed E-state index contributed by atoms with van der Waals surface area (Å²) in [4.78, 5) is 11.5. The molecule has 7 heteroatoms. The lowest BCUT2D eigenvalue weighted by Gasteiger charge is -2.28. The molecule has 3 aromatic heterocycles. The van der Waals surface area contributed by atoms with Crippen molar-refractivity contribution in [3.8, 4) is 5.13 Å². The zero-order valence-electron chi connectivity index (χ0n) is 18.5. The summed E-state index contributed by atoms with van der Waals surface area (Å²) < 4.78 is 2.23. The molecule has 5 rings (SSSR count). The number of hydrogen-bond acceptors (Lipinski definition) is 4. The van der Waals surface area contributed by atoms with Crippen LogP contribution in [0, 0.1) is 27.7 Å². The van der Waals surface area contributed by atoms with Crippen LogP contribution in [0.25, 0.3) is 5.13 Å². The lowest BCUT2D eigenvalue weighted by atomic mass is 9.96. The highest BCUT2D eigenvalue weighted by Crippen LogP contribution is 2.44. The van der Waals surface area contributed by atoms with Crippen molar-refractivity contribution in [1.29, 1.82) is 0 Å². The van der Waals surface area contributed by atoms with Gasteiger partial charge in [-0.1, -0.05) is 12.1 Å². The number of pyridine rings is 1. The molecule has 0 radical (unpaired) electrons. The number of nitrogens with zero attached hydrogens (tertiary/aromatic N) is 4. The third kappa shape index (κ3) is 3.42. The monoisotopic (exact) mass is 459 g/mol. The van der Waals surface area contributed by atoms with Gasteiger partial charge in [0.05, 0.1) is 17.8 Å². The third-order valence-electron chi connectivity index (χ3n) is 6.27. The van der Waals surface area contributed by atoms with Gasteiger partial charge in [0.25, 0.3) is 0 Å². The number of anilines is 1. The molecule has 1 fully saturated rings. The number of thiazole rings is 1. The van der Waals surface area contributed by atoms with Crippen LogP contribution in [0.15, 0.2) is 60.2 Å². The Morgan fingerprint density at radius 1 is 0.969 bits per heavy atom. The van der Waals surface area contributed by atoms with Gasteiger partial charge in [0.1, 0.15) is 0 Å². The van der Waals surface area contributed by atoms with Crippen molar-refractivity contribution in [1.82, 2.24) is 19.9 Å². The third-order valence-corrected chi connectivity index (χ3v) is 7.34. The molecule has 0 spiro atoms. The lowest BCUT2D eigenvalue weighted by Crippen LogP contribution is -2.29. The van der Waals surface area contributed by atoms with Crippen molar-refractivity contribution < 1.29 is 0 Å².